The van der Waals surface area contributed by atoms with Gasteiger partial charge in [0.1, 0.15) is 0 Å². The number of hydrogen-bond donors (Lipinski definition) is 0. The fourth-order valence-electron chi connectivity index (χ4n) is 3.57. The number of benzene rings is 2. The highest BCUT2D eigenvalue weighted by Crippen LogP contribution is 2.29. The van der Waals surface area contributed by atoms with Crippen LogP contribution in [-0.2, 0) is 0 Å². The lowest BCUT2D eigenvalue weighted by Gasteiger charge is -2.31. The first-order valence-corrected chi connectivity index (χ1v) is 10.5. The number of hydrogen-bond acceptors (Lipinski definition) is 5. The first kappa shape index (κ1) is 18.0. The van der Waals surface area contributed by atoms with Gasteiger partial charge >= 0.3 is 0 Å². The van der Waals surface area contributed by atoms with Crippen LogP contribution < -0.4 is 0 Å². The van der Waals surface area contributed by atoms with Gasteiger partial charge in [0.25, 0.3) is 5.91 Å². The van der Waals surface area contributed by atoms with E-state index in [4.69, 9.17) is 10.1 Å². The molecule has 7 heteroatoms. The zero-order chi connectivity index (χ0) is 19.8. The molecule has 1 aliphatic heterocycles. The maximum Gasteiger partial charge on any atom is 0.274 e. The number of fused-ring (bicyclic) bond motifs is 1. The molecule has 0 radical (unpaired) electrons. The third-order valence-corrected chi connectivity index (χ3v) is 6.26. The number of para-hydroxylation sites is 1. The Balaban J connectivity index is 1.58. The SMILES string of the molecule is CN1CCN(C(=O)c2cc(-c3ccccc3)n(-c3nc4ccccc4s3)n2)CC1. The number of thiazole rings is 1. The highest BCUT2D eigenvalue weighted by Gasteiger charge is 2.25. The van der Waals surface area contributed by atoms with Crippen LogP contribution in [0.5, 0.6) is 0 Å². The van der Waals surface area contributed by atoms with Gasteiger partial charge in [-0.25, -0.2) is 9.67 Å². The molecule has 1 amide bonds. The van der Waals surface area contributed by atoms with Crippen LogP contribution in [0.25, 0.3) is 26.6 Å². The predicted molar refractivity (Wildman–Crippen MR) is 116 cm³/mol. The van der Waals surface area contributed by atoms with E-state index in [1.807, 2.05) is 64.2 Å². The van der Waals surface area contributed by atoms with Crippen LogP contribution in [0.15, 0.2) is 60.7 Å². The molecule has 2 aromatic carbocycles. The number of rotatable bonds is 3. The summed E-state index contributed by atoms with van der Waals surface area (Å²) in [6.45, 7) is 3.22. The largest absolute Gasteiger partial charge is 0.335 e. The minimum absolute atomic E-state index is 0.0184. The van der Waals surface area contributed by atoms with Crippen molar-refractivity contribution in [3.05, 3.63) is 66.4 Å². The van der Waals surface area contributed by atoms with Crippen molar-refractivity contribution >= 4 is 27.5 Å². The smallest absolute Gasteiger partial charge is 0.274 e. The number of nitrogens with zero attached hydrogens (tertiary/aromatic N) is 5. The lowest BCUT2D eigenvalue weighted by Crippen LogP contribution is -2.47. The van der Waals surface area contributed by atoms with Crippen LogP contribution in [0.3, 0.4) is 0 Å². The van der Waals surface area contributed by atoms with E-state index < -0.39 is 0 Å². The van der Waals surface area contributed by atoms with Crippen molar-refractivity contribution in [3.8, 4) is 16.4 Å². The number of likely N-dealkylation sites (N-methyl/N-ethyl adjacent to an activating group) is 1. The molecule has 146 valence electrons. The molecular weight excluding hydrogens is 382 g/mol. The van der Waals surface area contributed by atoms with E-state index >= 15 is 0 Å². The van der Waals surface area contributed by atoms with E-state index in [9.17, 15) is 4.79 Å². The first-order chi connectivity index (χ1) is 14.2. The maximum atomic E-state index is 13.1. The molecule has 0 N–H and O–H groups in total. The number of aromatic nitrogens is 3. The molecule has 0 unspecified atom stereocenters. The van der Waals surface area contributed by atoms with E-state index in [0.717, 1.165) is 52.8 Å². The Morgan fingerprint density at radius 3 is 2.45 bits per heavy atom. The average molecular weight is 404 g/mol. The van der Waals surface area contributed by atoms with Gasteiger partial charge in [-0.2, -0.15) is 5.10 Å². The molecule has 1 fully saturated rings. The summed E-state index contributed by atoms with van der Waals surface area (Å²) in [5.74, 6) is -0.0184. The standard InChI is InChI=1S/C22H21N5OS/c1-25-11-13-26(14-12-25)21(28)18-15-19(16-7-3-2-4-8-16)27(24-18)22-23-17-9-5-6-10-20(17)29-22/h2-10,15H,11-14H2,1H3. The van der Waals surface area contributed by atoms with Crippen molar-refractivity contribution < 1.29 is 4.79 Å². The molecule has 0 bridgehead atoms. The van der Waals surface area contributed by atoms with E-state index in [0.29, 0.717) is 5.69 Å². The summed E-state index contributed by atoms with van der Waals surface area (Å²) in [6, 6.07) is 20.0. The highest BCUT2D eigenvalue weighted by molar-refractivity contribution is 7.20. The van der Waals surface area contributed by atoms with Crippen LogP contribution >= 0.6 is 11.3 Å². The Morgan fingerprint density at radius 2 is 1.69 bits per heavy atom. The lowest BCUT2D eigenvalue weighted by atomic mass is 10.1. The molecule has 29 heavy (non-hydrogen) atoms. The van der Waals surface area contributed by atoms with Crippen LogP contribution in [-0.4, -0.2) is 63.7 Å². The Labute approximate surface area is 173 Å². The van der Waals surface area contributed by atoms with Gasteiger partial charge in [-0.05, 0) is 25.2 Å². The average Bonchev–Trinajstić information content (AvgIpc) is 3.39. The van der Waals surface area contributed by atoms with Crippen molar-refractivity contribution in [3.63, 3.8) is 0 Å². The molecule has 3 heterocycles. The number of piperazine rings is 1. The molecule has 1 aliphatic rings. The predicted octanol–water partition coefficient (Wildman–Crippen LogP) is 3.54. The third kappa shape index (κ3) is 3.43. The second kappa shape index (κ2) is 7.42. The van der Waals surface area contributed by atoms with E-state index in [1.165, 1.54) is 0 Å². The minimum Gasteiger partial charge on any atom is -0.335 e. The second-order valence-electron chi connectivity index (χ2n) is 7.25. The van der Waals surface area contributed by atoms with E-state index in [1.54, 1.807) is 11.3 Å². The normalized spacial score (nSPS) is 15.1. The van der Waals surface area contributed by atoms with Gasteiger partial charge in [0.15, 0.2) is 5.69 Å². The molecule has 0 aliphatic carbocycles. The zero-order valence-corrected chi connectivity index (χ0v) is 17.0. The van der Waals surface area contributed by atoms with Gasteiger partial charge in [0.05, 0.1) is 15.9 Å². The van der Waals surface area contributed by atoms with Crippen molar-refractivity contribution in [1.82, 2.24) is 24.6 Å². The molecule has 4 aromatic rings. The molecular formula is C22H21N5OS. The zero-order valence-electron chi connectivity index (χ0n) is 16.2. The Morgan fingerprint density at radius 1 is 0.966 bits per heavy atom. The van der Waals surface area contributed by atoms with E-state index in [-0.39, 0.29) is 5.91 Å². The number of amides is 1. The quantitative estimate of drug-likeness (QED) is 0.525. The Hall–Kier alpha value is -3.03. The number of carbonyl (C=O) groups excluding carboxylic acids is 1. The summed E-state index contributed by atoms with van der Waals surface area (Å²) < 4.78 is 2.91. The minimum atomic E-state index is -0.0184. The summed E-state index contributed by atoms with van der Waals surface area (Å²) in [5, 5.41) is 5.47. The topological polar surface area (TPSA) is 54.3 Å². The third-order valence-electron chi connectivity index (χ3n) is 5.25. The maximum absolute atomic E-state index is 13.1. The summed E-state index contributed by atoms with van der Waals surface area (Å²) in [7, 11) is 2.08. The van der Waals surface area contributed by atoms with Crippen LogP contribution in [0, 0.1) is 0 Å². The molecule has 0 spiro atoms. The van der Waals surface area contributed by atoms with Crippen LogP contribution in [0.2, 0.25) is 0 Å². The molecule has 1 saturated heterocycles. The molecule has 0 atom stereocenters. The fraction of sp³-hybridized carbons (Fsp3) is 0.227. The van der Waals surface area contributed by atoms with Crippen molar-refractivity contribution in [2.75, 3.05) is 33.2 Å². The summed E-state index contributed by atoms with van der Waals surface area (Å²) >= 11 is 1.58. The Bertz CT molecular complexity index is 1130. The highest BCUT2D eigenvalue weighted by atomic mass is 32.1. The second-order valence-corrected chi connectivity index (χ2v) is 8.26. The summed E-state index contributed by atoms with van der Waals surface area (Å²) in [4.78, 5) is 22.0. The van der Waals surface area contributed by atoms with Gasteiger partial charge in [-0.15, -0.1) is 0 Å². The van der Waals surface area contributed by atoms with Crippen LogP contribution in [0.4, 0.5) is 0 Å². The fourth-order valence-corrected chi connectivity index (χ4v) is 4.50. The van der Waals surface area contributed by atoms with Gasteiger partial charge in [-0.3, -0.25) is 4.79 Å². The van der Waals surface area contributed by atoms with Gasteiger partial charge in [-0.1, -0.05) is 53.8 Å². The van der Waals surface area contributed by atoms with E-state index in [2.05, 4.69) is 18.0 Å². The van der Waals surface area contributed by atoms with Gasteiger partial charge in [0.2, 0.25) is 5.13 Å². The van der Waals surface area contributed by atoms with Crippen molar-refractivity contribution in [1.29, 1.82) is 0 Å². The van der Waals surface area contributed by atoms with Crippen molar-refractivity contribution in [2.45, 2.75) is 0 Å². The van der Waals surface area contributed by atoms with Gasteiger partial charge < -0.3 is 9.80 Å². The molecule has 6 nitrogen and oxygen atoms in total. The summed E-state index contributed by atoms with van der Waals surface area (Å²) in [6.07, 6.45) is 0. The Kier molecular flexibility index (Phi) is 4.61. The monoisotopic (exact) mass is 403 g/mol. The molecule has 2 aromatic heterocycles. The lowest BCUT2D eigenvalue weighted by molar-refractivity contribution is 0.0657. The first-order valence-electron chi connectivity index (χ1n) is 9.68. The van der Waals surface area contributed by atoms with Crippen molar-refractivity contribution in [2.24, 2.45) is 0 Å². The summed E-state index contributed by atoms with van der Waals surface area (Å²) in [5.41, 5.74) is 3.29. The van der Waals surface area contributed by atoms with Crippen LogP contribution in [0.1, 0.15) is 10.5 Å². The molecule has 0 saturated carbocycles. The molecule has 5 rings (SSSR count). The number of carbonyl (C=O) groups is 1. The van der Waals surface area contributed by atoms with Gasteiger partial charge in [0, 0.05) is 31.7 Å².